The van der Waals surface area contributed by atoms with Crippen molar-refractivity contribution in [2.75, 3.05) is 20.1 Å². The number of nitrogens with zero attached hydrogens (tertiary/aromatic N) is 1. The molecule has 94 valence electrons. The van der Waals surface area contributed by atoms with E-state index < -0.39 is 18.8 Å². The molecule has 0 aromatic heterocycles. The minimum Gasteiger partial charge on any atom is -0.382 e. The molecule has 1 rings (SSSR count). The molecule has 2 N–H and O–H groups in total. The van der Waals surface area contributed by atoms with Crippen LogP contribution >= 0.6 is 0 Å². The lowest BCUT2D eigenvalue weighted by Gasteiger charge is -2.31. The SMILES string of the molecule is CN1CC(NCC(O)C(F)(F)F)CCC1=O. The minimum absolute atomic E-state index is 0.00517. The third-order valence-electron chi connectivity index (χ3n) is 2.60. The Balaban J connectivity index is 2.31. The highest BCUT2D eigenvalue weighted by atomic mass is 19.4. The van der Waals surface area contributed by atoms with Gasteiger partial charge in [0.05, 0.1) is 0 Å². The molecular weight excluding hydrogens is 225 g/mol. The summed E-state index contributed by atoms with van der Waals surface area (Å²) in [4.78, 5) is 12.6. The molecule has 0 saturated carbocycles. The molecule has 16 heavy (non-hydrogen) atoms. The molecule has 1 aliphatic heterocycles. The second kappa shape index (κ2) is 5.01. The standard InChI is InChI=1S/C9H15F3N2O2/c1-14-5-6(2-3-8(14)16)13-4-7(15)9(10,11)12/h6-7,13,15H,2-5H2,1H3. The Kier molecular flexibility index (Phi) is 4.15. The molecule has 1 heterocycles. The first-order valence-electron chi connectivity index (χ1n) is 5.03. The van der Waals surface area contributed by atoms with Crippen LogP contribution in [0.15, 0.2) is 0 Å². The zero-order chi connectivity index (χ0) is 12.3. The van der Waals surface area contributed by atoms with Crippen molar-refractivity contribution < 1.29 is 23.1 Å². The first-order chi connectivity index (χ1) is 7.30. The molecular formula is C9H15F3N2O2. The predicted molar refractivity (Wildman–Crippen MR) is 50.7 cm³/mol. The Morgan fingerprint density at radius 3 is 2.75 bits per heavy atom. The summed E-state index contributed by atoms with van der Waals surface area (Å²) < 4.78 is 36.0. The summed E-state index contributed by atoms with van der Waals surface area (Å²) in [5.74, 6) is -0.00517. The number of aliphatic hydroxyl groups is 1. The molecule has 0 spiro atoms. The van der Waals surface area contributed by atoms with Crippen LogP contribution in [0.1, 0.15) is 12.8 Å². The number of piperidine rings is 1. The number of alkyl halides is 3. The second-order valence-corrected chi connectivity index (χ2v) is 3.98. The Morgan fingerprint density at radius 2 is 2.25 bits per heavy atom. The van der Waals surface area contributed by atoms with Crippen molar-refractivity contribution in [1.29, 1.82) is 0 Å². The molecule has 1 aliphatic rings. The van der Waals surface area contributed by atoms with E-state index in [1.807, 2.05) is 0 Å². The first kappa shape index (κ1) is 13.2. The molecule has 2 unspecified atom stereocenters. The van der Waals surface area contributed by atoms with E-state index in [0.717, 1.165) is 0 Å². The van der Waals surface area contributed by atoms with Crippen LogP contribution in [0.25, 0.3) is 0 Å². The molecule has 0 aliphatic carbocycles. The van der Waals surface area contributed by atoms with Crippen molar-refractivity contribution in [2.24, 2.45) is 0 Å². The molecule has 0 radical (unpaired) electrons. The monoisotopic (exact) mass is 240 g/mol. The highest BCUT2D eigenvalue weighted by molar-refractivity contribution is 5.76. The number of halogens is 3. The zero-order valence-corrected chi connectivity index (χ0v) is 8.92. The van der Waals surface area contributed by atoms with Gasteiger partial charge >= 0.3 is 6.18 Å². The van der Waals surface area contributed by atoms with Crippen molar-refractivity contribution in [3.05, 3.63) is 0 Å². The number of likely N-dealkylation sites (N-methyl/N-ethyl adjacent to an activating group) is 1. The van der Waals surface area contributed by atoms with Gasteiger partial charge in [-0.2, -0.15) is 13.2 Å². The van der Waals surface area contributed by atoms with E-state index in [-0.39, 0.29) is 11.9 Å². The van der Waals surface area contributed by atoms with Crippen LogP contribution in [-0.4, -0.2) is 54.4 Å². The van der Waals surface area contributed by atoms with Gasteiger partial charge in [0.1, 0.15) is 0 Å². The number of carbonyl (C=O) groups is 1. The lowest BCUT2D eigenvalue weighted by atomic mass is 10.1. The highest BCUT2D eigenvalue weighted by Crippen LogP contribution is 2.19. The van der Waals surface area contributed by atoms with Crippen LogP contribution in [0.4, 0.5) is 13.2 Å². The fourth-order valence-corrected chi connectivity index (χ4v) is 1.57. The summed E-state index contributed by atoms with van der Waals surface area (Å²) in [5, 5.41) is 11.4. The van der Waals surface area contributed by atoms with Gasteiger partial charge in [-0.15, -0.1) is 0 Å². The molecule has 0 bridgehead atoms. The number of rotatable bonds is 3. The average molecular weight is 240 g/mol. The van der Waals surface area contributed by atoms with Crippen molar-refractivity contribution in [2.45, 2.75) is 31.2 Å². The molecule has 0 aromatic carbocycles. The zero-order valence-electron chi connectivity index (χ0n) is 8.92. The Hall–Kier alpha value is -0.820. The van der Waals surface area contributed by atoms with Crippen molar-refractivity contribution in [1.82, 2.24) is 10.2 Å². The Labute approximate surface area is 91.4 Å². The van der Waals surface area contributed by atoms with E-state index in [1.54, 1.807) is 7.05 Å². The van der Waals surface area contributed by atoms with Crippen LogP contribution in [0.3, 0.4) is 0 Å². The van der Waals surface area contributed by atoms with Crippen LogP contribution in [0.5, 0.6) is 0 Å². The van der Waals surface area contributed by atoms with Gasteiger partial charge in [-0.05, 0) is 6.42 Å². The predicted octanol–water partition coefficient (Wildman–Crippen LogP) is 0.120. The van der Waals surface area contributed by atoms with E-state index in [1.165, 1.54) is 4.90 Å². The van der Waals surface area contributed by atoms with Gasteiger partial charge in [-0.1, -0.05) is 0 Å². The smallest absolute Gasteiger partial charge is 0.382 e. The largest absolute Gasteiger partial charge is 0.415 e. The van der Waals surface area contributed by atoms with Crippen molar-refractivity contribution in [3.8, 4) is 0 Å². The lowest BCUT2D eigenvalue weighted by molar-refractivity contribution is -0.202. The van der Waals surface area contributed by atoms with Crippen LogP contribution < -0.4 is 5.32 Å². The summed E-state index contributed by atoms with van der Waals surface area (Å²) in [6.07, 6.45) is -6.11. The van der Waals surface area contributed by atoms with Gasteiger partial charge in [-0.25, -0.2) is 0 Å². The number of nitrogens with one attached hydrogen (secondary N) is 1. The molecule has 2 atom stereocenters. The number of amides is 1. The number of carbonyl (C=O) groups excluding carboxylic acids is 1. The summed E-state index contributed by atoms with van der Waals surface area (Å²) >= 11 is 0. The van der Waals surface area contributed by atoms with Crippen LogP contribution in [-0.2, 0) is 4.79 Å². The van der Waals surface area contributed by atoms with Gasteiger partial charge in [0.15, 0.2) is 6.10 Å². The van der Waals surface area contributed by atoms with Gasteiger partial charge < -0.3 is 15.3 Å². The maximum Gasteiger partial charge on any atom is 0.415 e. The normalized spacial score (nSPS) is 24.7. The maximum absolute atomic E-state index is 12.0. The van der Waals surface area contributed by atoms with E-state index >= 15 is 0 Å². The fourth-order valence-electron chi connectivity index (χ4n) is 1.57. The summed E-state index contributed by atoms with van der Waals surface area (Å²) in [5.41, 5.74) is 0. The van der Waals surface area contributed by atoms with E-state index in [2.05, 4.69) is 5.32 Å². The van der Waals surface area contributed by atoms with Crippen LogP contribution in [0.2, 0.25) is 0 Å². The van der Waals surface area contributed by atoms with Crippen molar-refractivity contribution >= 4 is 5.91 Å². The number of aliphatic hydroxyl groups excluding tert-OH is 1. The number of hydrogen-bond acceptors (Lipinski definition) is 3. The average Bonchev–Trinajstić information content (AvgIpc) is 2.18. The quantitative estimate of drug-likeness (QED) is 0.736. The summed E-state index contributed by atoms with van der Waals surface area (Å²) in [6.45, 7) is -0.153. The minimum atomic E-state index is -4.59. The summed E-state index contributed by atoms with van der Waals surface area (Å²) in [7, 11) is 1.61. The number of hydrogen-bond donors (Lipinski definition) is 2. The van der Waals surface area contributed by atoms with Gasteiger partial charge in [0.25, 0.3) is 0 Å². The third-order valence-corrected chi connectivity index (χ3v) is 2.60. The second-order valence-electron chi connectivity index (χ2n) is 3.98. The molecule has 1 amide bonds. The van der Waals surface area contributed by atoms with Crippen LogP contribution in [0, 0.1) is 0 Å². The third kappa shape index (κ3) is 3.64. The molecule has 1 saturated heterocycles. The van der Waals surface area contributed by atoms with Gasteiger partial charge in [0, 0.05) is 32.6 Å². The molecule has 4 nitrogen and oxygen atoms in total. The van der Waals surface area contributed by atoms with Crippen molar-refractivity contribution in [3.63, 3.8) is 0 Å². The maximum atomic E-state index is 12.0. The highest BCUT2D eigenvalue weighted by Gasteiger charge is 2.38. The lowest BCUT2D eigenvalue weighted by Crippen LogP contribution is -2.50. The molecule has 7 heteroatoms. The Morgan fingerprint density at radius 1 is 1.62 bits per heavy atom. The van der Waals surface area contributed by atoms with E-state index in [9.17, 15) is 18.0 Å². The molecule has 1 fully saturated rings. The van der Waals surface area contributed by atoms with Gasteiger partial charge in [-0.3, -0.25) is 4.79 Å². The molecule has 0 aromatic rings. The Bertz CT molecular complexity index is 258. The first-order valence-corrected chi connectivity index (χ1v) is 5.03. The van der Waals surface area contributed by atoms with E-state index in [4.69, 9.17) is 5.11 Å². The fraction of sp³-hybridized carbons (Fsp3) is 0.889. The van der Waals surface area contributed by atoms with E-state index in [0.29, 0.717) is 19.4 Å². The van der Waals surface area contributed by atoms with Gasteiger partial charge in [0.2, 0.25) is 5.91 Å². The number of likely N-dealkylation sites (tertiary alicyclic amines) is 1. The summed E-state index contributed by atoms with van der Waals surface area (Å²) in [6, 6.07) is -0.181. The topological polar surface area (TPSA) is 52.6 Å².